The van der Waals surface area contributed by atoms with Crippen LogP contribution in [0.4, 0.5) is 5.69 Å². The third-order valence-electron chi connectivity index (χ3n) is 6.42. The van der Waals surface area contributed by atoms with Gasteiger partial charge in [-0.3, -0.25) is 14.5 Å². The normalized spacial score (nSPS) is 14.7. The second kappa shape index (κ2) is 11.1. The fourth-order valence-electron chi connectivity index (χ4n) is 4.27. The third-order valence-corrected chi connectivity index (χ3v) is 6.42. The van der Waals surface area contributed by atoms with Crippen LogP contribution < -0.4 is 10.6 Å². The number of carbonyl (C=O) groups excluding carboxylic acids is 2. The van der Waals surface area contributed by atoms with E-state index in [4.69, 9.17) is 0 Å². The Labute approximate surface area is 202 Å². The number of hydrogen-bond donors (Lipinski definition) is 2. The minimum atomic E-state index is -0.185. The second-order valence-corrected chi connectivity index (χ2v) is 9.32. The van der Waals surface area contributed by atoms with E-state index in [1.54, 1.807) is 24.3 Å². The van der Waals surface area contributed by atoms with Gasteiger partial charge in [0.05, 0.1) is 0 Å². The molecular formula is C29H33N3O2. The van der Waals surface area contributed by atoms with Gasteiger partial charge in [-0.05, 0) is 66.3 Å². The van der Waals surface area contributed by atoms with Crippen molar-refractivity contribution in [3.63, 3.8) is 0 Å². The highest BCUT2D eigenvalue weighted by molar-refractivity contribution is 6.05. The molecule has 0 atom stereocenters. The number of likely N-dealkylation sites (tertiary alicyclic amines) is 1. The SMILES string of the molecule is CC(C)c1ccc(NC(=O)c2ccc(C(=O)NC3CCN(Cc4ccccc4)CC3)cc2)cc1. The second-order valence-electron chi connectivity index (χ2n) is 9.32. The molecule has 3 aromatic rings. The van der Waals surface area contributed by atoms with Gasteiger partial charge in [0.2, 0.25) is 0 Å². The van der Waals surface area contributed by atoms with Crippen LogP contribution in [0.1, 0.15) is 64.4 Å². The lowest BCUT2D eigenvalue weighted by molar-refractivity contribution is 0.0907. The molecule has 4 rings (SSSR count). The van der Waals surface area contributed by atoms with Crippen molar-refractivity contribution < 1.29 is 9.59 Å². The molecular weight excluding hydrogens is 422 g/mol. The molecule has 5 nitrogen and oxygen atoms in total. The van der Waals surface area contributed by atoms with E-state index in [0.29, 0.717) is 17.0 Å². The van der Waals surface area contributed by atoms with Crippen molar-refractivity contribution in [3.8, 4) is 0 Å². The summed E-state index contributed by atoms with van der Waals surface area (Å²) < 4.78 is 0. The molecule has 0 bridgehead atoms. The lowest BCUT2D eigenvalue weighted by Gasteiger charge is -2.32. The fourth-order valence-corrected chi connectivity index (χ4v) is 4.27. The van der Waals surface area contributed by atoms with Crippen LogP contribution in [0.3, 0.4) is 0 Å². The average Bonchev–Trinajstić information content (AvgIpc) is 2.86. The molecule has 1 heterocycles. The predicted octanol–water partition coefficient (Wildman–Crippen LogP) is 5.46. The monoisotopic (exact) mass is 455 g/mol. The van der Waals surface area contributed by atoms with Gasteiger partial charge in [-0.1, -0.05) is 56.3 Å². The molecule has 1 aliphatic heterocycles. The standard InChI is InChI=1S/C29H33N3O2/c1-21(2)23-12-14-26(15-13-23)30-28(33)24-8-10-25(11-9-24)29(34)31-27-16-18-32(19-17-27)20-22-6-4-3-5-7-22/h3-15,21,27H,16-20H2,1-2H3,(H,30,33)(H,31,34). The molecule has 2 amide bonds. The van der Waals surface area contributed by atoms with Crippen molar-refractivity contribution >= 4 is 17.5 Å². The van der Waals surface area contributed by atoms with Crippen LogP contribution in [0.25, 0.3) is 0 Å². The van der Waals surface area contributed by atoms with E-state index in [9.17, 15) is 9.59 Å². The maximum absolute atomic E-state index is 12.7. The molecule has 0 aromatic heterocycles. The zero-order valence-electron chi connectivity index (χ0n) is 20.0. The van der Waals surface area contributed by atoms with Crippen LogP contribution >= 0.6 is 0 Å². The van der Waals surface area contributed by atoms with Crippen LogP contribution in [0.2, 0.25) is 0 Å². The van der Waals surface area contributed by atoms with Crippen LogP contribution in [-0.2, 0) is 6.54 Å². The first-order chi connectivity index (χ1) is 16.5. The molecule has 1 saturated heterocycles. The van der Waals surface area contributed by atoms with Crippen molar-refractivity contribution in [1.82, 2.24) is 10.2 Å². The van der Waals surface area contributed by atoms with Gasteiger partial charge in [0.25, 0.3) is 11.8 Å². The van der Waals surface area contributed by atoms with Gasteiger partial charge in [-0.2, -0.15) is 0 Å². The van der Waals surface area contributed by atoms with Gasteiger partial charge in [-0.15, -0.1) is 0 Å². The number of anilines is 1. The Hall–Kier alpha value is -3.44. The highest BCUT2D eigenvalue weighted by Crippen LogP contribution is 2.18. The zero-order chi connectivity index (χ0) is 23.9. The molecule has 1 fully saturated rings. The molecule has 0 spiro atoms. The topological polar surface area (TPSA) is 61.4 Å². The molecule has 176 valence electrons. The highest BCUT2D eigenvalue weighted by Gasteiger charge is 2.21. The number of piperidine rings is 1. The number of carbonyl (C=O) groups is 2. The van der Waals surface area contributed by atoms with Gasteiger partial charge < -0.3 is 10.6 Å². The fraction of sp³-hybridized carbons (Fsp3) is 0.310. The Bertz CT molecular complexity index is 1080. The summed E-state index contributed by atoms with van der Waals surface area (Å²) in [6, 6.07) is 25.4. The number of amides is 2. The minimum Gasteiger partial charge on any atom is -0.349 e. The molecule has 0 aliphatic carbocycles. The van der Waals surface area contributed by atoms with E-state index < -0.39 is 0 Å². The largest absolute Gasteiger partial charge is 0.349 e. The van der Waals surface area contributed by atoms with Crippen LogP contribution in [-0.4, -0.2) is 35.8 Å². The van der Waals surface area contributed by atoms with Crippen molar-refractivity contribution in [2.75, 3.05) is 18.4 Å². The first-order valence-corrected chi connectivity index (χ1v) is 12.1. The summed E-state index contributed by atoms with van der Waals surface area (Å²) in [6.45, 7) is 7.17. The molecule has 3 aromatic carbocycles. The van der Waals surface area contributed by atoms with Crippen LogP contribution in [0.5, 0.6) is 0 Å². The number of hydrogen-bond acceptors (Lipinski definition) is 3. The summed E-state index contributed by atoms with van der Waals surface area (Å²) in [4.78, 5) is 27.7. The molecule has 34 heavy (non-hydrogen) atoms. The number of benzene rings is 3. The smallest absolute Gasteiger partial charge is 0.255 e. The van der Waals surface area contributed by atoms with Crippen LogP contribution in [0, 0.1) is 0 Å². The molecule has 2 N–H and O–H groups in total. The van der Waals surface area contributed by atoms with Crippen molar-refractivity contribution in [1.29, 1.82) is 0 Å². The Morgan fingerprint density at radius 3 is 2.00 bits per heavy atom. The van der Waals surface area contributed by atoms with E-state index >= 15 is 0 Å². The van der Waals surface area contributed by atoms with Gasteiger partial charge in [0, 0.05) is 42.5 Å². The molecule has 1 aliphatic rings. The van der Waals surface area contributed by atoms with Crippen LogP contribution in [0.15, 0.2) is 78.9 Å². The summed E-state index contributed by atoms with van der Waals surface area (Å²) in [5.74, 6) is 0.179. The van der Waals surface area contributed by atoms with Gasteiger partial charge >= 0.3 is 0 Å². The lowest BCUT2D eigenvalue weighted by atomic mass is 10.0. The summed E-state index contributed by atoms with van der Waals surface area (Å²) in [6.07, 6.45) is 1.88. The first-order valence-electron chi connectivity index (χ1n) is 12.1. The van der Waals surface area contributed by atoms with Gasteiger partial charge in [0.15, 0.2) is 0 Å². The van der Waals surface area contributed by atoms with E-state index in [2.05, 4.69) is 53.6 Å². The Kier molecular flexibility index (Phi) is 7.76. The molecule has 0 unspecified atom stereocenters. The summed E-state index contributed by atoms with van der Waals surface area (Å²) in [5, 5.41) is 6.07. The summed E-state index contributed by atoms with van der Waals surface area (Å²) in [5.41, 5.74) is 4.41. The highest BCUT2D eigenvalue weighted by atomic mass is 16.2. The Morgan fingerprint density at radius 1 is 0.824 bits per heavy atom. The van der Waals surface area contributed by atoms with E-state index in [-0.39, 0.29) is 17.9 Å². The predicted molar refractivity (Wildman–Crippen MR) is 137 cm³/mol. The maximum Gasteiger partial charge on any atom is 0.255 e. The Morgan fingerprint density at radius 2 is 1.41 bits per heavy atom. The van der Waals surface area contributed by atoms with Crippen molar-refractivity contribution in [3.05, 3.63) is 101 Å². The summed E-state index contributed by atoms with van der Waals surface area (Å²) in [7, 11) is 0. The molecule has 0 radical (unpaired) electrons. The summed E-state index contributed by atoms with van der Waals surface area (Å²) >= 11 is 0. The average molecular weight is 456 g/mol. The number of nitrogens with zero attached hydrogens (tertiary/aromatic N) is 1. The lowest BCUT2D eigenvalue weighted by Crippen LogP contribution is -2.44. The van der Waals surface area contributed by atoms with E-state index in [0.717, 1.165) is 38.2 Å². The van der Waals surface area contributed by atoms with Gasteiger partial charge in [0.1, 0.15) is 0 Å². The molecule has 0 saturated carbocycles. The number of rotatable bonds is 7. The Balaban J connectivity index is 1.25. The number of nitrogens with one attached hydrogen (secondary N) is 2. The molecule has 5 heteroatoms. The van der Waals surface area contributed by atoms with E-state index in [1.165, 1.54) is 11.1 Å². The maximum atomic E-state index is 12.7. The van der Waals surface area contributed by atoms with Crippen molar-refractivity contribution in [2.24, 2.45) is 0 Å². The van der Waals surface area contributed by atoms with Gasteiger partial charge in [-0.25, -0.2) is 0 Å². The third kappa shape index (κ3) is 6.33. The minimum absolute atomic E-state index is 0.0854. The van der Waals surface area contributed by atoms with E-state index in [1.807, 2.05) is 30.3 Å². The zero-order valence-corrected chi connectivity index (χ0v) is 20.0. The van der Waals surface area contributed by atoms with Crippen molar-refractivity contribution in [2.45, 2.75) is 45.2 Å². The first kappa shape index (κ1) is 23.7. The quantitative estimate of drug-likeness (QED) is 0.498.